The van der Waals surface area contributed by atoms with Crippen molar-refractivity contribution in [1.82, 2.24) is 9.55 Å². The Bertz CT molecular complexity index is 1670. The number of aryl methyl sites for hydroxylation is 1. The minimum absolute atomic E-state index is 0.0396. The lowest BCUT2D eigenvalue weighted by molar-refractivity contribution is -0.165. The molecular formula is C35H38N2O7. The van der Waals surface area contributed by atoms with E-state index >= 15 is 0 Å². The van der Waals surface area contributed by atoms with Gasteiger partial charge in [-0.05, 0) is 66.6 Å². The van der Waals surface area contributed by atoms with Gasteiger partial charge < -0.3 is 24.1 Å². The first-order valence-corrected chi connectivity index (χ1v) is 14.9. The van der Waals surface area contributed by atoms with Crippen molar-refractivity contribution in [2.24, 2.45) is 11.8 Å². The van der Waals surface area contributed by atoms with Gasteiger partial charge >= 0.3 is 5.69 Å². The van der Waals surface area contributed by atoms with E-state index < -0.39 is 34.8 Å². The number of aromatic nitrogens is 2. The van der Waals surface area contributed by atoms with Crippen LogP contribution in [0.4, 0.5) is 0 Å². The standard InChI is InChI=1S/C35H38N2O7/c1-22-18-19-34(30(38)29(22)32(44-34)37-20-23(2)31(39)36-33(37)40)21-43-35(24-8-6-5-7-9-24,25-10-14-27(41-3)15-11-25)26-12-16-28(42-4)17-13-26/h5-17,20,22,29-30,32,38H,18-19,21H2,1-4H3,(H,36,39,40)/t22?,29?,30-,32-,34-/m1/s1. The summed E-state index contributed by atoms with van der Waals surface area (Å²) in [6.07, 6.45) is 1.17. The molecule has 2 unspecified atom stereocenters. The van der Waals surface area contributed by atoms with Crippen LogP contribution in [0, 0.1) is 18.8 Å². The lowest BCUT2D eigenvalue weighted by atomic mass is 9.72. The molecule has 2 fully saturated rings. The fourth-order valence-corrected chi connectivity index (χ4v) is 6.87. The number of fused-ring (bicyclic) bond motifs is 2. The van der Waals surface area contributed by atoms with Gasteiger partial charge in [0.15, 0.2) is 0 Å². The Morgan fingerprint density at radius 2 is 1.50 bits per heavy atom. The minimum atomic E-state index is -1.10. The molecule has 2 N–H and O–H groups in total. The Balaban J connectivity index is 1.47. The van der Waals surface area contributed by atoms with Gasteiger partial charge in [0.2, 0.25) is 0 Å². The third kappa shape index (κ3) is 4.95. The average Bonchev–Trinajstić information content (AvgIpc) is 3.24. The van der Waals surface area contributed by atoms with E-state index in [1.54, 1.807) is 21.1 Å². The maximum Gasteiger partial charge on any atom is 0.330 e. The van der Waals surface area contributed by atoms with Crippen LogP contribution < -0.4 is 20.7 Å². The fourth-order valence-electron chi connectivity index (χ4n) is 6.87. The summed E-state index contributed by atoms with van der Waals surface area (Å²) in [5.41, 5.74) is -0.182. The fraction of sp³-hybridized carbons (Fsp3) is 0.371. The number of rotatable bonds is 9. The third-order valence-corrected chi connectivity index (χ3v) is 9.39. The van der Waals surface area contributed by atoms with Crippen molar-refractivity contribution in [2.75, 3.05) is 20.8 Å². The van der Waals surface area contributed by atoms with Crippen LogP contribution in [0.15, 0.2) is 94.6 Å². The number of methoxy groups -OCH3 is 2. The van der Waals surface area contributed by atoms with E-state index in [2.05, 4.69) is 11.9 Å². The summed E-state index contributed by atoms with van der Waals surface area (Å²) in [5.74, 6) is 1.13. The molecule has 6 rings (SSSR count). The molecule has 2 bridgehead atoms. The molecule has 2 aliphatic rings. The van der Waals surface area contributed by atoms with Crippen molar-refractivity contribution in [3.63, 3.8) is 0 Å². The van der Waals surface area contributed by atoms with E-state index in [1.807, 2.05) is 78.9 Å². The molecule has 44 heavy (non-hydrogen) atoms. The molecule has 0 spiro atoms. The Morgan fingerprint density at radius 3 is 2.07 bits per heavy atom. The van der Waals surface area contributed by atoms with Crippen molar-refractivity contribution in [3.8, 4) is 11.5 Å². The summed E-state index contributed by atoms with van der Waals surface area (Å²) in [4.78, 5) is 27.5. The number of H-pyrrole nitrogens is 1. The molecule has 230 valence electrons. The van der Waals surface area contributed by atoms with E-state index in [0.29, 0.717) is 23.5 Å². The van der Waals surface area contributed by atoms with Crippen LogP contribution in [-0.2, 0) is 15.1 Å². The summed E-state index contributed by atoms with van der Waals surface area (Å²) in [6, 6.07) is 25.5. The van der Waals surface area contributed by atoms with Gasteiger partial charge in [-0.2, -0.15) is 0 Å². The summed E-state index contributed by atoms with van der Waals surface area (Å²) in [5, 5.41) is 11.9. The topological polar surface area (TPSA) is 112 Å². The monoisotopic (exact) mass is 598 g/mol. The number of aromatic amines is 1. The highest BCUT2D eigenvalue weighted by molar-refractivity contribution is 5.49. The zero-order chi connectivity index (χ0) is 31.1. The Morgan fingerprint density at radius 1 is 0.932 bits per heavy atom. The van der Waals surface area contributed by atoms with Crippen LogP contribution in [0.2, 0.25) is 0 Å². The molecule has 1 saturated carbocycles. The predicted octanol–water partition coefficient (Wildman–Crippen LogP) is 4.55. The predicted molar refractivity (Wildman–Crippen MR) is 165 cm³/mol. The minimum Gasteiger partial charge on any atom is -0.497 e. The van der Waals surface area contributed by atoms with Crippen molar-refractivity contribution in [2.45, 2.75) is 50.2 Å². The first-order chi connectivity index (χ1) is 21.2. The average molecular weight is 599 g/mol. The number of ether oxygens (including phenoxy) is 4. The quantitative estimate of drug-likeness (QED) is 0.272. The van der Waals surface area contributed by atoms with Gasteiger partial charge in [-0.1, -0.05) is 61.5 Å². The van der Waals surface area contributed by atoms with Crippen LogP contribution >= 0.6 is 0 Å². The number of hydrogen-bond acceptors (Lipinski definition) is 7. The number of aliphatic hydroxyl groups excluding tert-OH is 1. The Labute approximate surface area is 256 Å². The molecule has 0 amide bonds. The van der Waals surface area contributed by atoms with Gasteiger partial charge in [-0.15, -0.1) is 0 Å². The van der Waals surface area contributed by atoms with E-state index in [4.69, 9.17) is 18.9 Å². The van der Waals surface area contributed by atoms with Gasteiger partial charge in [0.25, 0.3) is 5.56 Å². The number of benzene rings is 3. The molecule has 9 heteroatoms. The van der Waals surface area contributed by atoms with Crippen LogP contribution in [-0.4, -0.2) is 47.2 Å². The van der Waals surface area contributed by atoms with E-state index in [0.717, 1.165) is 23.1 Å². The van der Waals surface area contributed by atoms with Crippen molar-refractivity contribution < 1.29 is 24.1 Å². The summed E-state index contributed by atoms with van der Waals surface area (Å²) < 4.78 is 26.2. The molecule has 0 radical (unpaired) electrons. The summed E-state index contributed by atoms with van der Waals surface area (Å²) >= 11 is 0. The highest BCUT2D eigenvalue weighted by Crippen LogP contribution is 2.54. The van der Waals surface area contributed by atoms with Gasteiger partial charge in [0.1, 0.15) is 28.9 Å². The first kappa shape index (κ1) is 29.9. The van der Waals surface area contributed by atoms with Crippen molar-refractivity contribution >= 4 is 0 Å². The Hall–Kier alpha value is -4.18. The summed E-state index contributed by atoms with van der Waals surface area (Å²) in [6.45, 7) is 3.75. The van der Waals surface area contributed by atoms with Crippen LogP contribution in [0.3, 0.4) is 0 Å². The van der Waals surface area contributed by atoms with E-state index in [9.17, 15) is 14.7 Å². The first-order valence-electron chi connectivity index (χ1n) is 14.9. The van der Waals surface area contributed by atoms with Gasteiger partial charge in [-0.3, -0.25) is 14.3 Å². The molecule has 4 aromatic rings. The number of hydrogen-bond donors (Lipinski definition) is 2. The van der Waals surface area contributed by atoms with E-state index in [-0.39, 0.29) is 18.4 Å². The third-order valence-electron chi connectivity index (χ3n) is 9.39. The van der Waals surface area contributed by atoms with Crippen LogP contribution in [0.1, 0.15) is 48.2 Å². The molecule has 1 aliphatic carbocycles. The smallest absolute Gasteiger partial charge is 0.330 e. The largest absolute Gasteiger partial charge is 0.497 e. The van der Waals surface area contributed by atoms with Crippen LogP contribution in [0.5, 0.6) is 11.5 Å². The molecule has 3 aromatic carbocycles. The zero-order valence-corrected chi connectivity index (χ0v) is 25.4. The second-order valence-electron chi connectivity index (χ2n) is 11.9. The SMILES string of the molecule is COc1ccc(C(OC[C@@]23CCC(C)C([C@H](n4cc(C)c(=O)[nH]c4=O)O2)[C@H]3O)(c2ccccc2)c2ccc(OC)cc2)cc1. The maximum absolute atomic E-state index is 13.0. The highest BCUT2D eigenvalue weighted by atomic mass is 16.6. The lowest BCUT2D eigenvalue weighted by Gasteiger charge is -2.42. The number of nitrogens with zero attached hydrogens (tertiary/aromatic N) is 1. The van der Waals surface area contributed by atoms with Gasteiger partial charge in [-0.25, -0.2) is 4.79 Å². The maximum atomic E-state index is 13.0. The number of aliphatic hydroxyl groups is 1. The molecule has 1 aliphatic heterocycles. The van der Waals surface area contributed by atoms with Crippen molar-refractivity contribution in [3.05, 3.63) is 128 Å². The summed E-state index contributed by atoms with van der Waals surface area (Å²) in [7, 11) is 3.26. The second kappa shape index (κ2) is 11.7. The highest BCUT2D eigenvalue weighted by Gasteiger charge is 2.60. The van der Waals surface area contributed by atoms with Crippen LogP contribution in [0.25, 0.3) is 0 Å². The molecule has 1 aromatic heterocycles. The molecular weight excluding hydrogens is 560 g/mol. The zero-order valence-electron chi connectivity index (χ0n) is 25.4. The molecule has 2 heterocycles. The van der Waals surface area contributed by atoms with Gasteiger partial charge in [0, 0.05) is 17.7 Å². The molecule has 5 atom stereocenters. The second-order valence-corrected chi connectivity index (χ2v) is 11.9. The van der Waals surface area contributed by atoms with Gasteiger partial charge in [0.05, 0.1) is 26.9 Å². The normalized spacial score (nSPS) is 24.7. The molecule has 1 saturated heterocycles. The number of nitrogens with one attached hydrogen (secondary N) is 1. The lowest BCUT2D eigenvalue weighted by Crippen LogP contribution is -2.51. The van der Waals surface area contributed by atoms with E-state index in [1.165, 1.54) is 10.8 Å². The Kier molecular flexibility index (Phi) is 7.96. The molecule has 9 nitrogen and oxygen atoms in total. The van der Waals surface area contributed by atoms with Crippen molar-refractivity contribution in [1.29, 1.82) is 0 Å².